The van der Waals surface area contributed by atoms with Crippen molar-refractivity contribution in [1.82, 2.24) is 0 Å². The van der Waals surface area contributed by atoms with Crippen LogP contribution in [-0.2, 0) is 14.6 Å². The molecule has 0 saturated carbocycles. The summed E-state index contributed by atoms with van der Waals surface area (Å²) in [5.41, 5.74) is 6.78. The van der Waals surface area contributed by atoms with Crippen LogP contribution in [0.25, 0.3) is 0 Å². The highest BCUT2D eigenvalue weighted by molar-refractivity contribution is 7.91. The molecule has 17 heavy (non-hydrogen) atoms. The lowest BCUT2D eigenvalue weighted by molar-refractivity contribution is 0.133. The summed E-state index contributed by atoms with van der Waals surface area (Å²) in [4.78, 5) is 0.340. The van der Waals surface area contributed by atoms with Gasteiger partial charge in [0.2, 0.25) is 0 Å². The van der Waals surface area contributed by atoms with E-state index >= 15 is 0 Å². The molecule has 0 unspecified atom stereocenters. The van der Waals surface area contributed by atoms with Crippen LogP contribution >= 0.6 is 0 Å². The summed E-state index contributed by atoms with van der Waals surface area (Å²) in [5.74, 6) is 0.108. The molecule has 0 radical (unpaired) electrons. The van der Waals surface area contributed by atoms with Crippen molar-refractivity contribution in [3.63, 3.8) is 0 Å². The fourth-order valence-corrected chi connectivity index (χ4v) is 2.31. The van der Waals surface area contributed by atoms with E-state index in [9.17, 15) is 8.42 Å². The molecule has 5 heteroatoms. The van der Waals surface area contributed by atoms with Crippen LogP contribution in [0.15, 0.2) is 29.2 Å². The van der Waals surface area contributed by atoms with Gasteiger partial charge in [0.05, 0.1) is 23.3 Å². The molecule has 0 bridgehead atoms. The standard InChI is InChI=1S/C12H19NO3S/c1-3-16-9-12(13)10-5-7-11(8-6-10)17(14,15)4-2/h5-8,12H,3-4,9,13H2,1-2H3/t12-/m0/s1. The van der Waals surface area contributed by atoms with Gasteiger partial charge in [0.1, 0.15) is 0 Å². The Morgan fingerprint density at radius 2 is 1.82 bits per heavy atom. The molecule has 2 N–H and O–H groups in total. The maximum atomic E-state index is 11.6. The molecule has 1 aromatic rings. The summed E-state index contributed by atoms with van der Waals surface area (Å²) in [6.45, 7) is 4.60. The van der Waals surface area contributed by atoms with Crippen LogP contribution in [0.5, 0.6) is 0 Å². The molecule has 0 aliphatic rings. The van der Waals surface area contributed by atoms with Gasteiger partial charge < -0.3 is 10.5 Å². The Labute approximate surface area is 103 Å². The number of rotatable bonds is 6. The van der Waals surface area contributed by atoms with Crippen molar-refractivity contribution >= 4 is 9.84 Å². The summed E-state index contributed by atoms with van der Waals surface area (Å²) in [7, 11) is -3.13. The molecular weight excluding hydrogens is 238 g/mol. The van der Waals surface area contributed by atoms with Crippen molar-refractivity contribution in [2.45, 2.75) is 24.8 Å². The summed E-state index contributed by atoms with van der Waals surface area (Å²) < 4.78 is 28.4. The smallest absolute Gasteiger partial charge is 0.178 e. The molecule has 1 rings (SSSR count). The van der Waals surface area contributed by atoms with Gasteiger partial charge in [-0.3, -0.25) is 0 Å². The molecule has 0 heterocycles. The maximum absolute atomic E-state index is 11.6. The minimum atomic E-state index is -3.13. The van der Waals surface area contributed by atoms with E-state index in [1.54, 1.807) is 31.2 Å². The summed E-state index contributed by atoms with van der Waals surface area (Å²) in [6, 6.07) is 6.46. The van der Waals surface area contributed by atoms with Gasteiger partial charge >= 0.3 is 0 Å². The van der Waals surface area contributed by atoms with E-state index in [1.165, 1.54) is 0 Å². The predicted molar refractivity (Wildman–Crippen MR) is 67.6 cm³/mol. The first kappa shape index (κ1) is 14.2. The first-order valence-electron chi connectivity index (χ1n) is 5.67. The van der Waals surface area contributed by atoms with Gasteiger partial charge in [-0.25, -0.2) is 8.42 Å². The predicted octanol–water partition coefficient (Wildman–Crippen LogP) is 1.52. The number of hydrogen-bond acceptors (Lipinski definition) is 4. The molecule has 4 nitrogen and oxygen atoms in total. The van der Waals surface area contributed by atoms with E-state index in [0.717, 1.165) is 5.56 Å². The van der Waals surface area contributed by atoms with Gasteiger partial charge in [-0.2, -0.15) is 0 Å². The second-order valence-electron chi connectivity index (χ2n) is 3.74. The van der Waals surface area contributed by atoms with E-state index in [4.69, 9.17) is 10.5 Å². The van der Waals surface area contributed by atoms with Crippen molar-refractivity contribution in [2.75, 3.05) is 19.0 Å². The normalized spacial score (nSPS) is 13.6. The Morgan fingerprint density at radius 3 is 2.29 bits per heavy atom. The topological polar surface area (TPSA) is 69.4 Å². The van der Waals surface area contributed by atoms with E-state index in [-0.39, 0.29) is 11.8 Å². The second kappa shape index (κ2) is 6.14. The first-order chi connectivity index (χ1) is 8.01. The monoisotopic (exact) mass is 257 g/mol. The highest BCUT2D eigenvalue weighted by atomic mass is 32.2. The quantitative estimate of drug-likeness (QED) is 0.838. The zero-order valence-corrected chi connectivity index (χ0v) is 11.0. The summed E-state index contributed by atoms with van der Waals surface area (Å²) >= 11 is 0. The number of hydrogen-bond donors (Lipinski definition) is 1. The largest absolute Gasteiger partial charge is 0.380 e. The van der Waals surface area contributed by atoms with Crippen LogP contribution in [0.2, 0.25) is 0 Å². The summed E-state index contributed by atoms with van der Waals surface area (Å²) in [5, 5.41) is 0. The average molecular weight is 257 g/mol. The lowest BCUT2D eigenvalue weighted by Crippen LogP contribution is -2.17. The number of benzene rings is 1. The van der Waals surface area contributed by atoms with Crippen molar-refractivity contribution < 1.29 is 13.2 Å². The molecule has 1 aromatic carbocycles. The minimum absolute atomic E-state index is 0.108. The molecule has 0 saturated heterocycles. The third kappa shape index (κ3) is 3.80. The van der Waals surface area contributed by atoms with E-state index in [2.05, 4.69) is 0 Å². The molecule has 0 fully saturated rings. The fraction of sp³-hybridized carbons (Fsp3) is 0.500. The van der Waals surface area contributed by atoms with Crippen molar-refractivity contribution in [3.8, 4) is 0 Å². The molecule has 0 aliphatic carbocycles. The third-order valence-electron chi connectivity index (χ3n) is 2.55. The van der Waals surface area contributed by atoms with Crippen molar-refractivity contribution in [2.24, 2.45) is 5.73 Å². The van der Waals surface area contributed by atoms with Crippen LogP contribution in [0.3, 0.4) is 0 Å². The second-order valence-corrected chi connectivity index (χ2v) is 6.02. The van der Waals surface area contributed by atoms with Crippen molar-refractivity contribution in [1.29, 1.82) is 0 Å². The van der Waals surface area contributed by atoms with Crippen LogP contribution in [0, 0.1) is 0 Å². The number of nitrogens with two attached hydrogens (primary N) is 1. The molecule has 1 atom stereocenters. The maximum Gasteiger partial charge on any atom is 0.178 e. The minimum Gasteiger partial charge on any atom is -0.380 e. The Bertz CT molecular complexity index is 439. The van der Waals surface area contributed by atoms with Gasteiger partial charge in [-0.1, -0.05) is 19.1 Å². The molecule has 0 aromatic heterocycles. The molecule has 0 amide bonds. The zero-order chi connectivity index (χ0) is 12.9. The van der Waals surface area contributed by atoms with Gasteiger partial charge in [0.15, 0.2) is 9.84 Å². The Balaban J connectivity index is 2.81. The lowest BCUT2D eigenvalue weighted by Gasteiger charge is -2.12. The van der Waals surface area contributed by atoms with Crippen molar-refractivity contribution in [3.05, 3.63) is 29.8 Å². The number of ether oxygens (including phenoxy) is 1. The Kier molecular flexibility index (Phi) is 5.11. The van der Waals surface area contributed by atoms with Gasteiger partial charge in [-0.05, 0) is 24.6 Å². The highest BCUT2D eigenvalue weighted by Gasteiger charge is 2.12. The third-order valence-corrected chi connectivity index (χ3v) is 4.30. The van der Waals surface area contributed by atoms with Crippen LogP contribution in [-0.4, -0.2) is 27.4 Å². The van der Waals surface area contributed by atoms with E-state index in [1.807, 2.05) is 6.92 Å². The van der Waals surface area contributed by atoms with E-state index < -0.39 is 9.84 Å². The lowest BCUT2D eigenvalue weighted by atomic mass is 10.1. The van der Waals surface area contributed by atoms with Crippen LogP contribution < -0.4 is 5.73 Å². The zero-order valence-electron chi connectivity index (χ0n) is 10.2. The van der Waals surface area contributed by atoms with Crippen LogP contribution in [0.4, 0.5) is 0 Å². The molecule has 96 valence electrons. The fourth-order valence-electron chi connectivity index (χ4n) is 1.43. The van der Waals surface area contributed by atoms with E-state index in [0.29, 0.717) is 18.1 Å². The number of sulfone groups is 1. The SMILES string of the molecule is CCOC[C@H](N)c1ccc(S(=O)(=O)CC)cc1. The first-order valence-corrected chi connectivity index (χ1v) is 7.32. The molecule has 0 aliphatic heterocycles. The molecule has 0 spiro atoms. The average Bonchev–Trinajstić information content (AvgIpc) is 2.36. The van der Waals surface area contributed by atoms with Gasteiger partial charge in [0.25, 0.3) is 0 Å². The highest BCUT2D eigenvalue weighted by Crippen LogP contribution is 2.16. The Hall–Kier alpha value is -0.910. The molecular formula is C12H19NO3S. The van der Waals surface area contributed by atoms with Gasteiger partial charge in [0, 0.05) is 6.61 Å². The Morgan fingerprint density at radius 1 is 1.24 bits per heavy atom. The van der Waals surface area contributed by atoms with Gasteiger partial charge in [-0.15, -0.1) is 0 Å². The van der Waals surface area contributed by atoms with Crippen LogP contribution in [0.1, 0.15) is 25.5 Å². The summed E-state index contributed by atoms with van der Waals surface area (Å²) in [6.07, 6.45) is 0.